The Labute approximate surface area is 163 Å². The van der Waals surface area contributed by atoms with Crippen molar-refractivity contribution in [2.45, 2.75) is 6.54 Å². The number of carbonyl (C=O) groups excluding carboxylic acids is 1. The van der Waals surface area contributed by atoms with Crippen LogP contribution in [0.15, 0.2) is 40.1 Å². The van der Waals surface area contributed by atoms with Crippen molar-refractivity contribution >= 4 is 22.9 Å². The predicted molar refractivity (Wildman–Crippen MR) is 99.8 cm³/mol. The van der Waals surface area contributed by atoms with E-state index in [0.717, 1.165) is 17.0 Å². The number of methoxy groups -OCH3 is 1. The van der Waals surface area contributed by atoms with Gasteiger partial charge in [0.15, 0.2) is 0 Å². The molecule has 1 N–H and O–H groups in total. The largest absolute Gasteiger partial charge is 0.419 e. The summed E-state index contributed by atoms with van der Waals surface area (Å²) < 4.78 is 38.1. The van der Waals surface area contributed by atoms with Gasteiger partial charge in [0.2, 0.25) is 11.8 Å². The summed E-state index contributed by atoms with van der Waals surface area (Å²) in [5.74, 6) is -1.53. The molecule has 0 aliphatic carbocycles. The van der Waals surface area contributed by atoms with E-state index >= 15 is 0 Å². The van der Waals surface area contributed by atoms with Crippen molar-refractivity contribution in [3.05, 3.63) is 53.2 Å². The standard InChI is InChI=1S/C18H18F2N4O3S/c1-26-8-7-24(10-15(25)21-17-12(19)4-2-5-13(17)20)11-16-22-23-18(27-16)14-6-3-9-28-14/h2-6,9H,7-8,10-11H2,1H3,(H,21,25). The van der Waals surface area contributed by atoms with E-state index in [9.17, 15) is 13.6 Å². The molecule has 0 saturated heterocycles. The van der Waals surface area contributed by atoms with Crippen molar-refractivity contribution in [1.82, 2.24) is 15.1 Å². The molecule has 28 heavy (non-hydrogen) atoms. The molecule has 7 nitrogen and oxygen atoms in total. The highest BCUT2D eigenvalue weighted by Crippen LogP contribution is 2.23. The molecule has 3 rings (SSSR count). The minimum absolute atomic E-state index is 0.131. The lowest BCUT2D eigenvalue weighted by atomic mass is 10.3. The van der Waals surface area contributed by atoms with Crippen molar-refractivity contribution < 1.29 is 22.7 Å². The molecule has 2 aromatic heterocycles. The third kappa shape index (κ3) is 5.18. The van der Waals surface area contributed by atoms with Crippen LogP contribution < -0.4 is 5.32 Å². The minimum Gasteiger partial charge on any atom is -0.419 e. The molecule has 0 radical (unpaired) electrons. The quantitative estimate of drug-likeness (QED) is 0.586. The van der Waals surface area contributed by atoms with Crippen molar-refractivity contribution in [2.24, 2.45) is 0 Å². The maximum atomic E-state index is 13.7. The molecule has 2 heterocycles. The van der Waals surface area contributed by atoms with Crippen LogP contribution in [-0.4, -0.2) is 47.8 Å². The second kappa shape index (κ2) is 9.49. The maximum absolute atomic E-state index is 13.7. The van der Waals surface area contributed by atoms with Crippen molar-refractivity contribution in [3.63, 3.8) is 0 Å². The molecule has 0 bridgehead atoms. The van der Waals surface area contributed by atoms with Crippen molar-refractivity contribution in [1.29, 1.82) is 0 Å². The molecule has 0 atom stereocenters. The van der Waals surface area contributed by atoms with E-state index in [2.05, 4.69) is 15.5 Å². The SMILES string of the molecule is COCCN(CC(=O)Nc1c(F)cccc1F)Cc1nnc(-c2cccs2)o1. The molecule has 0 aliphatic heterocycles. The summed E-state index contributed by atoms with van der Waals surface area (Å²) in [5, 5.41) is 12.2. The van der Waals surface area contributed by atoms with Gasteiger partial charge in [-0.1, -0.05) is 12.1 Å². The maximum Gasteiger partial charge on any atom is 0.257 e. The van der Waals surface area contributed by atoms with Crippen LogP contribution in [0.25, 0.3) is 10.8 Å². The minimum atomic E-state index is -0.839. The molecule has 0 saturated carbocycles. The Morgan fingerprint density at radius 3 is 2.71 bits per heavy atom. The van der Waals surface area contributed by atoms with Crippen LogP contribution in [-0.2, 0) is 16.1 Å². The number of aromatic nitrogens is 2. The second-order valence-corrected chi connectivity index (χ2v) is 6.77. The first kappa shape index (κ1) is 20.1. The van der Waals surface area contributed by atoms with Crippen LogP contribution in [0, 0.1) is 11.6 Å². The fourth-order valence-electron chi connectivity index (χ4n) is 2.44. The predicted octanol–water partition coefficient (Wildman–Crippen LogP) is 3.16. The summed E-state index contributed by atoms with van der Waals surface area (Å²) in [5.41, 5.74) is -0.475. The molecule has 0 spiro atoms. The van der Waals surface area contributed by atoms with Gasteiger partial charge in [0.1, 0.15) is 17.3 Å². The summed E-state index contributed by atoms with van der Waals surface area (Å²) >= 11 is 1.47. The van der Waals surface area contributed by atoms with Gasteiger partial charge in [0, 0.05) is 13.7 Å². The number of halogens is 2. The van der Waals surface area contributed by atoms with E-state index in [-0.39, 0.29) is 13.1 Å². The molecular formula is C18H18F2N4O3S. The molecular weight excluding hydrogens is 390 g/mol. The number of rotatable bonds is 9. The number of amides is 1. The van der Waals surface area contributed by atoms with Crippen LogP contribution in [0.1, 0.15) is 5.89 Å². The van der Waals surface area contributed by atoms with Crippen molar-refractivity contribution in [3.8, 4) is 10.8 Å². The lowest BCUT2D eigenvalue weighted by Gasteiger charge is -2.19. The molecule has 1 aromatic carbocycles. The van der Waals surface area contributed by atoms with E-state index in [1.54, 1.807) is 4.90 Å². The summed E-state index contributed by atoms with van der Waals surface area (Å²) in [6.07, 6.45) is 0. The topological polar surface area (TPSA) is 80.5 Å². The third-order valence-electron chi connectivity index (χ3n) is 3.76. The molecule has 148 valence electrons. The Morgan fingerprint density at radius 2 is 2.04 bits per heavy atom. The zero-order chi connectivity index (χ0) is 19.9. The number of para-hydroxylation sites is 1. The zero-order valence-corrected chi connectivity index (χ0v) is 15.8. The number of thiophene rings is 1. The number of hydrogen-bond acceptors (Lipinski definition) is 7. The average molecular weight is 408 g/mol. The van der Waals surface area contributed by atoms with Gasteiger partial charge in [-0.2, -0.15) is 0 Å². The lowest BCUT2D eigenvalue weighted by Crippen LogP contribution is -2.35. The zero-order valence-electron chi connectivity index (χ0n) is 15.0. The van der Waals surface area contributed by atoms with Gasteiger partial charge >= 0.3 is 0 Å². The average Bonchev–Trinajstić information content (AvgIpc) is 3.34. The molecule has 3 aromatic rings. The highest BCUT2D eigenvalue weighted by molar-refractivity contribution is 7.13. The van der Waals surface area contributed by atoms with Crippen LogP contribution in [0.4, 0.5) is 14.5 Å². The van der Waals surface area contributed by atoms with Gasteiger partial charge in [-0.3, -0.25) is 9.69 Å². The summed E-state index contributed by atoms with van der Waals surface area (Å²) in [7, 11) is 1.54. The Hall–Kier alpha value is -2.69. The van der Waals surface area contributed by atoms with E-state index in [0.29, 0.717) is 24.9 Å². The van der Waals surface area contributed by atoms with Crippen LogP contribution >= 0.6 is 11.3 Å². The van der Waals surface area contributed by atoms with E-state index in [4.69, 9.17) is 9.15 Å². The molecule has 10 heteroatoms. The number of benzene rings is 1. The molecule has 1 amide bonds. The lowest BCUT2D eigenvalue weighted by molar-refractivity contribution is -0.117. The smallest absolute Gasteiger partial charge is 0.257 e. The summed E-state index contributed by atoms with van der Waals surface area (Å²) in [4.78, 5) is 14.8. The fraction of sp³-hybridized carbons (Fsp3) is 0.278. The van der Waals surface area contributed by atoms with E-state index in [1.165, 1.54) is 24.5 Å². The van der Waals surface area contributed by atoms with Crippen LogP contribution in [0.3, 0.4) is 0 Å². The van der Waals surface area contributed by atoms with Gasteiger partial charge in [0.05, 0.1) is 24.6 Å². The Kier molecular flexibility index (Phi) is 6.80. The van der Waals surface area contributed by atoms with Gasteiger partial charge in [0.25, 0.3) is 5.89 Å². The number of ether oxygens (including phenoxy) is 1. The molecule has 0 unspecified atom stereocenters. The van der Waals surface area contributed by atoms with Gasteiger partial charge in [-0.05, 0) is 23.6 Å². The first-order valence-electron chi connectivity index (χ1n) is 8.38. The Morgan fingerprint density at radius 1 is 1.25 bits per heavy atom. The van der Waals surface area contributed by atoms with Gasteiger partial charge in [-0.15, -0.1) is 21.5 Å². The van der Waals surface area contributed by atoms with E-state index < -0.39 is 23.2 Å². The molecule has 0 fully saturated rings. The number of hydrogen-bond donors (Lipinski definition) is 1. The van der Waals surface area contributed by atoms with Gasteiger partial charge < -0.3 is 14.5 Å². The van der Waals surface area contributed by atoms with Crippen LogP contribution in [0.2, 0.25) is 0 Å². The normalized spacial score (nSPS) is 11.1. The Bertz CT molecular complexity index is 897. The van der Waals surface area contributed by atoms with Crippen molar-refractivity contribution in [2.75, 3.05) is 32.1 Å². The Balaban J connectivity index is 1.65. The highest BCUT2D eigenvalue weighted by atomic mass is 32.1. The first-order chi connectivity index (χ1) is 13.6. The number of nitrogens with zero attached hydrogens (tertiary/aromatic N) is 3. The first-order valence-corrected chi connectivity index (χ1v) is 9.26. The van der Waals surface area contributed by atoms with Gasteiger partial charge in [-0.25, -0.2) is 8.78 Å². The fourth-order valence-corrected chi connectivity index (χ4v) is 3.09. The molecule has 0 aliphatic rings. The summed E-state index contributed by atoms with van der Waals surface area (Å²) in [6.45, 7) is 0.802. The number of nitrogens with one attached hydrogen (secondary N) is 1. The van der Waals surface area contributed by atoms with E-state index in [1.807, 2.05) is 17.5 Å². The monoisotopic (exact) mass is 408 g/mol. The van der Waals surface area contributed by atoms with Crippen LogP contribution in [0.5, 0.6) is 0 Å². The number of carbonyl (C=O) groups is 1. The third-order valence-corrected chi connectivity index (χ3v) is 4.62. The highest BCUT2D eigenvalue weighted by Gasteiger charge is 2.18. The number of anilines is 1. The summed E-state index contributed by atoms with van der Waals surface area (Å²) in [6, 6.07) is 7.12. The second-order valence-electron chi connectivity index (χ2n) is 5.83.